The van der Waals surface area contributed by atoms with Crippen molar-refractivity contribution in [2.45, 2.75) is 6.42 Å². The first-order valence-corrected chi connectivity index (χ1v) is 5.07. The number of rotatable bonds is 1. The quantitative estimate of drug-likeness (QED) is 0.761. The maximum atomic E-state index is 11.6. The van der Waals surface area contributed by atoms with Crippen molar-refractivity contribution in [3.05, 3.63) is 23.5 Å². The molecule has 7 heteroatoms. The zero-order valence-electron chi connectivity index (χ0n) is 8.44. The Morgan fingerprint density at radius 2 is 2.38 bits per heavy atom. The predicted molar refractivity (Wildman–Crippen MR) is 64.8 cm³/mol. The number of amides is 2. The highest BCUT2D eigenvalue weighted by Crippen LogP contribution is 2.10. The Morgan fingerprint density at radius 3 is 2.94 bits per heavy atom. The summed E-state index contributed by atoms with van der Waals surface area (Å²) >= 11 is 5.63. The van der Waals surface area contributed by atoms with Gasteiger partial charge in [-0.1, -0.05) is 11.6 Å². The lowest BCUT2D eigenvalue weighted by atomic mass is 10.4. The van der Waals surface area contributed by atoms with Gasteiger partial charge in [0.2, 0.25) is 0 Å². The van der Waals surface area contributed by atoms with Gasteiger partial charge in [0.15, 0.2) is 0 Å². The zero-order valence-corrected chi connectivity index (χ0v) is 10.0. The summed E-state index contributed by atoms with van der Waals surface area (Å²) in [5, 5.41) is 4.67. The van der Waals surface area contributed by atoms with Crippen LogP contribution in [0.1, 0.15) is 6.42 Å². The van der Waals surface area contributed by atoms with E-state index in [0.717, 1.165) is 19.5 Å². The third-order valence-corrected chi connectivity index (χ3v) is 2.31. The van der Waals surface area contributed by atoms with Crippen LogP contribution in [0.15, 0.2) is 18.3 Å². The molecular formula is C9H12Cl2N4O. The lowest BCUT2D eigenvalue weighted by molar-refractivity contribution is 0.205. The number of hydrogen-bond donors (Lipinski definition) is 2. The summed E-state index contributed by atoms with van der Waals surface area (Å²) in [5.41, 5.74) is 3.60. The molecule has 5 nitrogen and oxygen atoms in total. The van der Waals surface area contributed by atoms with Crippen LogP contribution in [-0.2, 0) is 0 Å². The Balaban J connectivity index is 0.00000128. The number of anilines is 1. The minimum absolute atomic E-state index is 0. The monoisotopic (exact) mass is 262 g/mol. The zero-order chi connectivity index (χ0) is 10.7. The Bertz CT molecular complexity index is 351. The molecule has 0 bridgehead atoms. The van der Waals surface area contributed by atoms with E-state index in [1.165, 1.54) is 6.20 Å². The molecule has 1 aliphatic heterocycles. The molecule has 0 unspecified atom stereocenters. The highest BCUT2D eigenvalue weighted by molar-refractivity contribution is 6.29. The molecule has 2 heterocycles. The van der Waals surface area contributed by atoms with Gasteiger partial charge in [0.25, 0.3) is 0 Å². The number of nitrogens with zero attached hydrogens (tertiary/aromatic N) is 2. The van der Waals surface area contributed by atoms with Gasteiger partial charge in [0, 0.05) is 13.1 Å². The van der Waals surface area contributed by atoms with Gasteiger partial charge in [0.05, 0.1) is 11.9 Å². The van der Waals surface area contributed by atoms with Crippen molar-refractivity contribution in [3.8, 4) is 0 Å². The van der Waals surface area contributed by atoms with Gasteiger partial charge in [-0.15, -0.1) is 12.4 Å². The van der Waals surface area contributed by atoms with Crippen LogP contribution < -0.4 is 10.7 Å². The Labute approximate surface area is 105 Å². The van der Waals surface area contributed by atoms with E-state index < -0.39 is 0 Å². The van der Waals surface area contributed by atoms with E-state index in [4.69, 9.17) is 11.6 Å². The molecule has 0 atom stereocenters. The Morgan fingerprint density at radius 1 is 1.56 bits per heavy atom. The van der Waals surface area contributed by atoms with E-state index in [9.17, 15) is 4.79 Å². The van der Waals surface area contributed by atoms with Crippen molar-refractivity contribution in [1.29, 1.82) is 0 Å². The SMILES string of the molecule is Cl.O=C(Nc1ccc(Cl)nc1)N1CCCN1. The second kappa shape index (κ2) is 5.89. The third kappa shape index (κ3) is 3.23. The van der Waals surface area contributed by atoms with E-state index >= 15 is 0 Å². The van der Waals surface area contributed by atoms with Gasteiger partial charge in [0.1, 0.15) is 5.15 Å². The van der Waals surface area contributed by atoms with Crippen molar-refractivity contribution < 1.29 is 4.79 Å². The molecule has 0 aromatic carbocycles. The molecule has 0 aliphatic carbocycles. The molecule has 1 aromatic rings. The molecule has 0 radical (unpaired) electrons. The van der Waals surface area contributed by atoms with Crippen molar-refractivity contribution in [2.24, 2.45) is 0 Å². The van der Waals surface area contributed by atoms with Gasteiger partial charge >= 0.3 is 6.03 Å². The summed E-state index contributed by atoms with van der Waals surface area (Å²) < 4.78 is 0. The van der Waals surface area contributed by atoms with Crippen molar-refractivity contribution >= 4 is 35.7 Å². The third-order valence-electron chi connectivity index (χ3n) is 2.08. The number of hydrogen-bond acceptors (Lipinski definition) is 3. The highest BCUT2D eigenvalue weighted by Gasteiger charge is 2.17. The summed E-state index contributed by atoms with van der Waals surface area (Å²) in [6.45, 7) is 1.57. The van der Waals surface area contributed by atoms with Crippen LogP contribution in [0.5, 0.6) is 0 Å². The molecule has 1 aliphatic rings. The molecule has 1 fully saturated rings. The smallest absolute Gasteiger partial charge is 0.305 e. The van der Waals surface area contributed by atoms with Crippen LogP contribution in [0.3, 0.4) is 0 Å². The number of carbonyl (C=O) groups is 1. The summed E-state index contributed by atoms with van der Waals surface area (Å²) in [4.78, 5) is 15.5. The maximum absolute atomic E-state index is 11.6. The fraction of sp³-hybridized carbons (Fsp3) is 0.333. The number of carbonyl (C=O) groups excluding carboxylic acids is 1. The fourth-order valence-corrected chi connectivity index (χ4v) is 1.46. The molecular weight excluding hydrogens is 251 g/mol. The molecule has 0 saturated carbocycles. The first-order valence-electron chi connectivity index (χ1n) is 4.69. The van der Waals surface area contributed by atoms with Gasteiger partial charge in [-0.25, -0.2) is 15.2 Å². The summed E-state index contributed by atoms with van der Waals surface area (Å²) in [7, 11) is 0. The van der Waals surface area contributed by atoms with Crippen LogP contribution in [0.25, 0.3) is 0 Å². The second-order valence-electron chi connectivity index (χ2n) is 3.21. The van der Waals surface area contributed by atoms with E-state index in [0.29, 0.717) is 10.8 Å². The Hall–Kier alpha value is -1.04. The molecule has 2 N–H and O–H groups in total. The number of hydrazine groups is 1. The fourth-order valence-electron chi connectivity index (χ4n) is 1.34. The van der Waals surface area contributed by atoms with Gasteiger partial charge in [-0.3, -0.25) is 5.01 Å². The maximum Gasteiger partial charge on any atom is 0.336 e. The molecule has 88 valence electrons. The van der Waals surface area contributed by atoms with E-state index in [-0.39, 0.29) is 18.4 Å². The topological polar surface area (TPSA) is 57.3 Å². The minimum Gasteiger partial charge on any atom is -0.305 e. The lowest BCUT2D eigenvalue weighted by Gasteiger charge is -2.15. The standard InChI is InChI=1S/C9H11ClN4O.ClH/c10-8-3-2-7(6-11-8)13-9(15)14-5-1-4-12-14;/h2-3,6,12H,1,4-5H2,(H,13,15);1H. The largest absolute Gasteiger partial charge is 0.336 e. The van der Waals surface area contributed by atoms with Crippen LogP contribution in [0.2, 0.25) is 5.15 Å². The summed E-state index contributed by atoms with van der Waals surface area (Å²) in [5.74, 6) is 0. The molecule has 1 aromatic heterocycles. The summed E-state index contributed by atoms with van der Waals surface area (Å²) in [6.07, 6.45) is 2.50. The molecule has 1 saturated heterocycles. The molecule has 2 amide bonds. The van der Waals surface area contributed by atoms with E-state index in [1.54, 1.807) is 17.1 Å². The minimum atomic E-state index is -0.170. The predicted octanol–water partition coefficient (Wildman–Crippen LogP) is 1.90. The summed E-state index contributed by atoms with van der Waals surface area (Å²) in [6, 6.07) is 3.18. The first kappa shape index (κ1) is 13.0. The number of nitrogens with one attached hydrogen (secondary N) is 2. The van der Waals surface area contributed by atoms with E-state index in [1.807, 2.05) is 0 Å². The van der Waals surface area contributed by atoms with Gasteiger partial charge in [-0.05, 0) is 18.6 Å². The number of aromatic nitrogens is 1. The average Bonchev–Trinajstić information content (AvgIpc) is 2.74. The van der Waals surface area contributed by atoms with Crippen LogP contribution in [-0.4, -0.2) is 29.1 Å². The van der Waals surface area contributed by atoms with Crippen molar-refractivity contribution in [1.82, 2.24) is 15.4 Å². The van der Waals surface area contributed by atoms with Gasteiger partial charge in [-0.2, -0.15) is 0 Å². The second-order valence-corrected chi connectivity index (χ2v) is 3.60. The number of halogens is 2. The molecule has 0 spiro atoms. The Kier molecular flexibility index (Phi) is 4.79. The number of pyridine rings is 1. The van der Waals surface area contributed by atoms with E-state index in [2.05, 4.69) is 15.7 Å². The first-order chi connectivity index (χ1) is 7.25. The molecule has 2 rings (SSSR count). The highest BCUT2D eigenvalue weighted by atomic mass is 35.5. The van der Waals surface area contributed by atoms with Crippen LogP contribution in [0.4, 0.5) is 10.5 Å². The lowest BCUT2D eigenvalue weighted by Crippen LogP contribution is -2.39. The van der Waals surface area contributed by atoms with Crippen molar-refractivity contribution in [2.75, 3.05) is 18.4 Å². The normalized spacial score (nSPS) is 14.4. The average molecular weight is 263 g/mol. The number of urea groups is 1. The molecule has 16 heavy (non-hydrogen) atoms. The van der Waals surface area contributed by atoms with Crippen LogP contribution >= 0.6 is 24.0 Å². The van der Waals surface area contributed by atoms with Crippen molar-refractivity contribution in [3.63, 3.8) is 0 Å². The van der Waals surface area contributed by atoms with Gasteiger partial charge < -0.3 is 5.32 Å². The van der Waals surface area contributed by atoms with Crippen LogP contribution in [0, 0.1) is 0 Å².